The Kier molecular flexibility index (Phi) is 6.83. The molecule has 0 atom stereocenters. The Bertz CT molecular complexity index is 731. The van der Waals surface area contributed by atoms with E-state index in [0.717, 1.165) is 31.6 Å². The fourth-order valence-electron chi connectivity index (χ4n) is 3.56. The summed E-state index contributed by atoms with van der Waals surface area (Å²) in [5, 5.41) is 3.62. The predicted octanol–water partition coefficient (Wildman–Crippen LogP) is 3.03. The van der Waals surface area contributed by atoms with E-state index < -0.39 is 0 Å². The zero-order valence-corrected chi connectivity index (χ0v) is 16.4. The van der Waals surface area contributed by atoms with Crippen LogP contribution in [0.3, 0.4) is 0 Å². The van der Waals surface area contributed by atoms with Crippen molar-refractivity contribution in [1.29, 1.82) is 0 Å². The van der Waals surface area contributed by atoms with Crippen LogP contribution in [0.4, 0.5) is 0 Å². The van der Waals surface area contributed by atoms with Gasteiger partial charge in [-0.3, -0.25) is 9.69 Å². The monoisotopic (exact) mass is 387 g/mol. The van der Waals surface area contributed by atoms with E-state index in [2.05, 4.69) is 34.6 Å². The van der Waals surface area contributed by atoms with Crippen molar-refractivity contribution in [2.75, 3.05) is 33.4 Å². The first-order valence-electron chi connectivity index (χ1n) is 9.26. The van der Waals surface area contributed by atoms with Gasteiger partial charge in [-0.15, -0.1) is 0 Å². The molecule has 2 heterocycles. The van der Waals surface area contributed by atoms with Gasteiger partial charge < -0.3 is 10.1 Å². The summed E-state index contributed by atoms with van der Waals surface area (Å²) in [7, 11) is 1.93. The minimum atomic E-state index is -0.0478. The lowest BCUT2D eigenvalue weighted by Gasteiger charge is -2.38. The second-order valence-corrected chi connectivity index (χ2v) is 7.58. The molecule has 1 aliphatic rings. The van der Waals surface area contributed by atoms with Crippen molar-refractivity contribution >= 4 is 17.5 Å². The number of halogens is 1. The molecule has 3 rings (SSSR count). The summed E-state index contributed by atoms with van der Waals surface area (Å²) in [5.74, 6) is 0.0289. The van der Waals surface area contributed by atoms with Gasteiger partial charge in [0.05, 0.1) is 6.54 Å². The van der Waals surface area contributed by atoms with Gasteiger partial charge in [-0.25, -0.2) is 4.98 Å². The molecule has 1 amide bonds. The lowest BCUT2D eigenvalue weighted by Crippen LogP contribution is -2.46. The largest absolute Gasteiger partial charge is 0.381 e. The summed E-state index contributed by atoms with van der Waals surface area (Å²) in [6.45, 7) is 3.08. The Morgan fingerprint density at radius 2 is 1.96 bits per heavy atom. The van der Waals surface area contributed by atoms with E-state index in [0.29, 0.717) is 24.8 Å². The highest BCUT2D eigenvalue weighted by molar-refractivity contribution is 6.29. The number of ether oxygens (including phenoxy) is 1. The van der Waals surface area contributed by atoms with Crippen molar-refractivity contribution in [2.24, 2.45) is 0 Å². The summed E-state index contributed by atoms with van der Waals surface area (Å²) < 4.78 is 5.56. The first-order valence-corrected chi connectivity index (χ1v) is 9.64. The van der Waals surface area contributed by atoms with Crippen molar-refractivity contribution in [2.45, 2.75) is 24.8 Å². The highest BCUT2D eigenvalue weighted by Crippen LogP contribution is 2.34. The van der Waals surface area contributed by atoms with Crippen LogP contribution >= 0.6 is 11.6 Å². The quantitative estimate of drug-likeness (QED) is 0.742. The number of carbonyl (C=O) groups excluding carboxylic acids is 1. The van der Waals surface area contributed by atoms with Crippen molar-refractivity contribution in [1.82, 2.24) is 15.2 Å². The zero-order valence-electron chi connectivity index (χ0n) is 15.7. The van der Waals surface area contributed by atoms with Gasteiger partial charge in [-0.05, 0) is 37.1 Å². The Hall–Kier alpha value is -1.95. The number of nitrogens with one attached hydrogen (secondary N) is 1. The third-order valence-electron chi connectivity index (χ3n) is 5.11. The number of amides is 1. The minimum absolute atomic E-state index is 0.0289. The molecule has 144 valence electrons. The average molecular weight is 388 g/mol. The number of likely N-dealkylation sites (N-methyl/N-ethyl adjacent to an activating group) is 1. The molecular formula is C21H26ClN3O2. The molecule has 1 saturated heterocycles. The minimum Gasteiger partial charge on any atom is -0.381 e. The molecule has 5 nitrogen and oxygen atoms in total. The van der Waals surface area contributed by atoms with E-state index in [-0.39, 0.29) is 11.3 Å². The van der Waals surface area contributed by atoms with Crippen LogP contribution in [0.1, 0.15) is 24.0 Å². The fraction of sp³-hybridized carbons (Fsp3) is 0.429. The van der Waals surface area contributed by atoms with Gasteiger partial charge in [0.1, 0.15) is 5.15 Å². The van der Waals surface area contributed by atoms with Gasteiger partial charge in [-0.1, -0.05) is 48.0 Å². The Morgan fingerprint density at radius 3 is 2.63 bits per heavy atom. The van der Waals surface area contributed by atoms with Gasteiger partial charge in [0.15, 0.2) is 0 Å². The molecule has 1 aromatic heterocycles. The van der Waals surface area contributed by atoms with Crippen molar-refractivity contribution in [3.05, 3.63) is 64.9 Å². The van der Waals surface area contributed by atoms with E-state index in [1.54, 1.807) is 12.3 Å². The van der Waals surface area contributed by atoms with Crippen molar-refractivity contribution in [3.63, 3.8) is 0 Å². The van der Waals surface area contributed by atoms with Crippen LogP contribution in [0.2, 0.25) is 5.15 Å². The third-order valence-corrected chi connectivity index (χ3v) is 5.34. The standard InChI is InChI=1S/C21H26ClN3O2/c1-25(14-17-7-8-19(22)23-13-17)15-20(26)24-16-21(9-11-27-12-10-21)18-5-3-2-4-6-18/h2-8,13H,9-12,14-16H2,1H3,(H,24,26). The maximum Gasteiger partial charge on any atom is 0.234 e. The highest BCUT2D eigenvalue weighted by Gasteiger charge is 2.34. The maximum absolute atomic E-state index is 12.5. The van der Waals surface area contributed by atoms with E-state index in [1.807, 2.05) is 24.1 Å². The Labute approximate surface area is 165 Å². The van der Waals surface area contributed by atoms with Crippen molar-refractivity contribution < 1.29 is 9.53 Å². The maximum atomic E-state index is 12.5. The molecule has 0 aliphatic carbocycles. The van der Waals surface area contributed by atoms with E-state index in [1.165, 1.54) is 5.56 Å². The molecule has 1 N–H and O–H groups in total. The van der Waals surface area contributed by atoms with Crippen LogP contribution in [0.25, 0.3) is 0 Å². The number of hydrogen-bond donors (Lipinski definition) is 1. The van der Waals surface area contributed by atoms with E-state index in [9.17, 15) is 4.79 Å². The number of aromatic nitrogens is 1. The zero-order chi connectivity index (χ0) is 19.1. The van der Waals surface area contributed by atoms with Crippen LogP contribution in [0, 0.1) is 0 Å². The number of benzene rings is 1. The van der Waals surface area contributed by atoms with Crippen LogP contribution in [0.5, 0.6) is 0 Å². The third kappa shape index (κ3) is 5.51. The summed E-state index contributed by atoms with van der Waals surface area (Å²) in [4.78, 5) is 18.5. The summed E-state index contributed by atoms with van der Waals surface area (Å²) in [6.07, 6.45) is 3.58. The van der Waals surface area contributed by atoms with Gasteiger partial charge in [-0.2, -0.15) is 0 Å². The Balaban J connectivity index is 1.55. The first kappa shape index (κ1) is 19.8. The molecule has 0 saturated carbocycles. The number of hydrogen-bond acceptors (Lipinski definition) is 4. The fourth-order valence-corrected chi connectivity index (χ4v) is 3.67. The van der Waals surface area contributed by atoms with Gasteiger partial charge in [0.2, 0.25) is 5.91 Å². The van der Waals surface area contributed by atoms with Gasteiger partial charge in [0, 0.05) is 37.9 Å². The lowest BCUT2D eigenvalue weighted by atomic mass is 9.74. The molecule has 2 aromatic rings. The topological polar surface area (TPSA) is 54.5 Å². The number of pyridine rings is 1. The second-order valence-electron chi connectivity index (χ2n) is 7.20. The summed E-state index contributed by atoms with van der Waals surface area (Å²) in [5.41, 5.74) is 2.25. The molecular weight excluding hydrogens is 362 g/mol. The molecule has 1 fully saturated rings. The smallest absolute Gasteiger partial charge is 0.234 e. The molecule has 1 aromatic carbocycles. The van der Waals surface area contributed by atoms with Crippen LogP contribution in [-0.2, 0) is 21.5 Å². The molecule has 27 heavy (non-hydrogen) atoms. The van der Waals surface area contributed by atoms with Crippen LogP contribution < -0.4 is 5.32 Å². The average Bonchev–Trinajstić information content (AvgIpc) is 2.69. The molecule has 1 aliphatic heterocycles. The Morgan fingerprint density at radius 1 is 1.22 bits per heavy atom. The normalized spacial score (nSPS) is 16.3. The second kappa shape index (κ2) is 9.31. The van der Waals surface area contributed by atoms with Crippen LogP contribution in [0.15, 0.2) is 48.7 Å². The molecule has 0 spiro atoms. The predicted molar refractivity (Wildman–Crippen MR) is 107 cm³/mol. The first-order chi connectivity index (χ1) is 13.1. The van der Waals surface area contributed by atoms with Crippen molar-refractivity contribution in [3.8, 4) is 0 Å². The van der Waals surface area contributed by atoms with Gasteiger partial charge >= 0.3 is 0 Å². The summed E-state index contributed by atoms with van der Waals surface area (Å²) >= 11 is 5.81. The van der Waals surface area contributed by atoms with E-state index >= 15 is 0 Å². The lowest BCUT2D eigenvalue weighted by molar-refractivity contribution is -0.122. The molecule has 0 bridgehead atoms. The molecule has 0 unspecified atom stereocenters. The highest BCUT2D eigenvalue weighted by atomic mass is 35.5. The molecule has 0 radical (unpaired) electrons. The number of rotatable bonds is 7. The SMILES string of the molecule is CN(CC(=O)NCC1(c2ccccc2)CCOCC1)Cc1ccc(Cl)nc1. The number of nitrogens with zero attached hydrogens (tertiary/aromatic N) is 2. The van der Waals surface area contributed by atoms with E-state index in [4.69, 9.17) is 16.3 Å². The number of carbonyl (C=O) groups is 1. The molecule has 6 heteroatoms. The summed E-state index contributed by atoms with van der Waals surface area (Å²) in [6, 6.07) is 14.1. The van der Waals surface area contributed by atoms with Gasteiger partial charge in [0.25, 0.3) is 0 Å². The van der Waals surface area contributed by atoms with Crippen LogP contribution in [-0.4, -0.2) is 49.1 Å².